The summed E-state index contributed by atoms with van der Waals surface area (Å²) in [6.07, 6.45) is 0. The fourth-order valence-corrected chi connectivity index (χ4v) is 4.92. The molecule has 6 heteroatoms. The van der Waals surface area contributed by atoms with Gasteiger partial charge in [0.15, 0.2) is 0 Å². The maximum Gasteiger partial charge on any atom is 0.340 e. The van der Waals surface area contributed by atoms with Crippen molar-refractivity contribution < 1.29 is 14.6 Å². The lowest BCUT2D eigenvalue weighted by atomic mass is 10.0. The average Bonchev–Trinajstić information content (AvgIpc) is 3.06. The van der Waals surface area contributed by atoms with E-state index in [9.17, 15) is 9.90 Å². The number of halogens is 1. The molecule has 1 N–H and O–H groups in total. The van der Waals surface area contributed by atoms with Gasteiger partial charge in [0.2, 0.25) is 0 Å². The fourth-order valence-electron chi connectivity index (χ4n) is 3.78. The number of fused-ring (bicyclic) bond motifs is 1. The van der Waals surface area contributed by atoms with E-state index in [0.29, 0.717) is 27.3 Å². The van der Waals surface area contributed by atoms with Gasteiger partial charge in [0, 0.05) is 38.0 Å². The number of thioether (sulfide) groups is 1. The third-order valence-corrected chi connectivity index (χ3v) is 6.40. The molecule has 0 radical (unpaired) electrons. The highest BCUT2D eigenvalue weighted by atomic mass is 35.5. The standard InChI is InChI=1S/C25H22ClNO3S/c1-3-30-25(29)23-16(2)27(18-9-7-8-17(26)14-18)21-12-13-22(28)20(24(21)23)15-31-19-10-5-4-6-11-19/h4-14,28H,3,15H2,1-2H3. The summed E-state index contributed by atoms with van der Waals surface area (Å²) in [6.45, 7) is 3.94. The second-order valence-electron chi connectivity index (χ2n) is 7.06. The van der Waals surface area contributed by atoms with Gasteiger partial charge in [0.25, 0.3) is 0 Å². The number of phenols is 1. The second-order valence-corrected chi connectivity index (χ2v) is 8.54. The number of carbonyl (C=O) groups excluding carboxylic acids is 1. The smallest absolute Gasteiger partial charge is 0.340 e. The molecule has 0 fully saturated rings. The SMILES string of the molecule is CCOC(=O)c1c(C)n(-c2cccc(Cl)c2)c2ccc(O)c(CSc3ccccc3)c12. The van der Waals surface area contributed by atoms with Crippen molar-refractivity contribution in [2.24, 2.45) is 0 Å². The van der Waals surface area contributed by atoms with E-state index in [0.717, 1.165) is 21.8 Å². The molecule has 0 bridgehead atoms. The van der Waals surface area contributed by atoms with Crippen molar-refractivity contribution in [2.45, 2.75) is 24.5 Å². The Morgan fingerprint density at radius 1 is 1.10 bits per heavy atom. The third kappa shape index (κ3) is 4.16. The number of carbonyl (C=O) groups is 1. The molecule has 158 valence electrons. The molecule has 4 rings (SSSR count). The molecule has 0 aliphatic rings. The number of esters is 1. The van der Waals surface area contributed by atoms with E-state index in [-0.39, 0.29) is 12.4 Å². The van der Waals surface area contributed by atoms with E-state index >= 15 is 0 Å². The topological polar surface area (TPSA) is 51.5 Å². The fraction of sp³-hybridized carbons (Fsp3) is 0.160. The molecule has 0 saturated carbocycles. The first-order chi connectivity index (χ1) is 15.0. The van der Waals surface area contributed by atoms with Gasteiger partial charge >= 0.3 is 5.97 Å². The average molecular weight is 452 g/mol. The molecule has 4 nitrogen and oxygen atoms in total. The summed E-state index contributed by atoms with van der Waals surface area (Å²) >= 11 is 7.85. The number of hydrogen-bond donors (Lipinski definition) is 1. The van der Waals surface area contributed by atoms with Gasteiger partial charge < -0.3 is 14.4 Å². The van der Waals surface area contributed by atoms with Crippen molar-refractivity contribution >= 4 is 40.2 Å². The lowest BCUT2D eigenvalue weighted by molar-refractivity contribution is 0.0527. The first-order valence-corrected chi connectivity index (χ1v) is 11.3. The van der Waals surface area contributed by atoms with Crippen molar-refractivity contribution in [2.75, 3.05) is 6.61 Å². The van der Waals surface area contributed by atoms with Crippen molar-refractivity contribution in [1.82, 2.24) is 4.57 Å². The summed E-state index contributed by atoms with van der Waals surface area (Å²) in [4.78, 5) is 14.1. The molecule has 1 heterocycles. The minimum Gasteiger partial charge on any atom is -0.508 e. The molecule has 0 saturated heterocycles. The zero-order valence-corrected chi connectivity index (χ0v) is 18.8. The number of nitrogens with zero attached hydrogens (tertiary/aromatic N) is 1. The molecule has 31 heavy (non-hydrogen) atoms. The molecule has 0 spiro atoms. The van der Waals surface area contributed by atoms with Crippen molar-refractivity contribution in [3.63, 3.8) is 0 Å². The summed E-state index contributed by atoms with van der Waals surface area (Å²) in [5.41, 5.74) is 3.59. The van der Waals surface area contributed by atoms with Crippen LogP contribution >= 0.6 is 23.4 Å². The zero-order chi connectivity index (χ0) is 22.0. The molecule has 0 aliphatic heterocycles. The van der Waals surface area contributed by atoms with Crippen molar-refractivity contribution in [1.29, 1.82) is 0 Å². The normalized spacial score (nSPS) is 11.1. The van der Waals surface area contributed by atoms with E-state index in [1.807, 2.05) is 72.2 Å². The largest absolute Gasteiger partial charge is 0.508 e. The molecule has 1 aromatic heterocycles. The van der Waals surface area contributed by atoms with Crippen LogP contribution in [0, 0.1) is 6.92 Å². The lowest BCUT2D eigenvalue weighted by Crippen LogP contribution is -2.07. The lowest BCUT2D eigenvalue weighted by Gasteiger charge is -2.11. The van der Waals surface area contributed by atoms with Crippen LogP contribution in [0.5, 0.6) is 5.75 Å². The Labute approximate surface area is 190 Å². The van der Waals surface area contributed by atoms with Gasteiger partial charge in [-0.25, -0.2) is 4.79 Å². The van der Waals surface area contributed by atoms with Crippen LogP contribution in [0.4, 0.5) is 0 Å². The highest BCUT2D eigenvalue weighted by Gasteiger charge is 2.25. The van der Waals surface area contributed by atoms with Crippen LogP contribution in [0.25, 0.3) is 16.6 Å². The Morgan fingerprint density at radius 2 is 1.87 bits per heavy atom. The van der Waals surface area contributed by atoms with Crippen LogP contribution in [0.2, 0.25) is 5.02 Å². The summed E-state index contributed by atoms with van der Waals surface area (Å²) < 4.78 is 7.37. The first-order valence-electron chi connectivity index (χ1n) is 9.98. The minimum atomic E-state index is -0.401. The summed E-state index contributed by atoms with van der Waals surface area (Å²) in [7, 11) is 0. The van der Waals surface area contributed by atoms with E-state index in [1.165, 1.54) is 0 Å². The predicted octanol–water partition coefficient (Wildman–Crippen LogP) is 6.77. The highest BCUT2D eigenvalue weighted by molar-refractivity contribution is 7.98. The maximum atomic E-state index is 13.0. The van der Waals surface area contributed by atoms with E-state index in [1.54, 1.807) is 24.8 Å². The van der Waals surface area contributed by atoms with Crippen LogP contribution in [0.1, 0.15) is 28.5 Å². The highest BCUT2D eigenvalue weighted by Crippen LogP contribution is 2.39. The molecular formula is C25H22ClNO3S. The van der Waals surface area contributed by atoms with Gasteiger partial charge in [-0.3, -0.25) is 0 Å². The molecule has 0 aliphatic carbocycles. The van der Waals surface area contributed by atoms with Crippen LogP contribution in [0.3, 0.4) is 0 Å². The summed E-state index contributed by atoms with van der Waals surface area (Å²) in [5, 5.41) is 12.1. The Morgan fingerprint density at radius 3 is 2.58 bits per heavy atom. The van der Waals surface area contributed by atoms with Gasteiger partial charge in [0.05, 0.1) is 17.7 Å². The number of phenolic OH excluding ortho intramolecular Hbond substituents is 1. The van der Waals surface area contributed by atoms with Crippen LogP contribution in [-0.4, -0.2) is 22.2 Å². The van der Waals surface area contributed by atoms with Crippen molar-refractivity contribution in [3.8, 4) is 11.4 Å². The van der Waals surface area contributed by atoms with E-state index < -0.39 is 5.97 Å². The zero-order valence-electron chi connectivity index (χ0n) is 17.3. The number of aromatic nitrogens is 1. The molecule has 0 amide bonds. The monoisotopic (exact) mass is 451 g/mol. The third-order valence-electron chi connectivity index (χ3n) is 5.13. The number of rotatable bonds is 6. The molecule has 3 aromatic carbocycles. The van der Waals surface area contributed by atoms with Crippen LogP contribution in [-0.2, 0) is 10.5 Å². The Kier molecular flexibility index (Phi) is 6.25. The van der Waals surface area contributed by atoms with Crippen LogP contribution in [0.15, 0.2) is 71.6 Å². The predicted molar refractivity (Wildman–Crippen MR) is 127 cm³/mol. The van der Waals surface area contributed by atoms with Gasteiger partial charge in [-0.15, -0.1) is 11.8 Å². The van der Waals surface area contributed by atoms with Gasteiger partial charge in [-0.2, -0.15) is 0 Å². The minimum absolute atomic E-state index is 0.157. The Balaban J connectivity index is 1.94. The van der Waals surface area contributed by atoms with Crippen molar-refractivity contribution in [3.05, 3.63) is 88.6 Å². The maximum absolute atomic E-state index is 13.0. The number of benzene rings is 3. The van der Waals surface area contributed by atoms with Gasteiger partial charge in [-0.1, -0.05) is 35.9 Å². The van der Waals surface area contributed by atoms with Gasteiger partial charge in [-0.05, 0) is 56.3 Å². The van der Waals surface area contributed by atoms with Crippen LogP contribution < -0.4 is 0 Å². The van der Waals surface area contributed by atoms with Gasteiger partial charge in [0.1, 0.15) is 5.75 Å². The first kappa shape index (κ1) is 21.3. The number of hydrogen-bond acceptors (Lipinski definition) is 4. The van der Waals surface area contributed by atoms with E-state index in [4.69, 9.17) is 16.3 Å². The summed E-state index contributed by atoms with van der Waals surface area (Å²) in [5.74, 6) is 0.269. The summed E-state index contributed by atoms with van der Waals surface area (Å²) in [6, 6.07) is 21.0. The molecule has 0 atom stereocenters. The quantitative estimate of drug-likeness (QED) is 0.259. The molecule has 4 aromatic rings. The second kappa shape index (κ2) is 9.08. The Bertz CT molecular complexity index is 1250. The number of aromatic hydroxyl groups is 1. The molecular weight excluding hydrogens is 430 g/mol. The Hall–Kier alpha value is -2.89. The van der Waals surface area contributed by atoms with E-state index in [2.05, 4.69) is 0 Å². The number of ether oxygens (including phenoxy) is 1. The molecule has 0 unspecified atom stereocenters.